The van der Waals surface area contributed by atoms with Gasteiger partial charge in [-0.25, -0.2) is 9.18 Å². The van der Waals surface area contributed by atoms with Gasteiger partial charge < -0.3 is 10.8 Å². The number of carboxylic acids is 1. The molecular weight excluding hydrogens is 215 g/mol. The van der Waals surface area contributed by atoms with E-state index in [1.54, 1.807) is 0 Å². The summed E-state index contributed by atoms with van der Waals surface area (Å²) >= 11 is 0. The molecule has 0 saturated carbocycles. The van der Waals surface area contributed by atoms with E-state index in [-0.39, 0.29) is 17.0 Å². The molecular formula is C10H9FN2O3. The van der Waals surface area contributed by atoms with Gasteiger partial charge in [-0.15, -0.1) is 0 Å². The van der Waals surface area contributed by atoms with Gasteiger partial charge in [0.15, 0.2) is 0 Å². The first-order valence-electron chi connectivity index (χ1n) is 4.29. The van der Waals surface area contributed by atoms with Crippen LogP contribution in [0.3, 0.4) is 0 Å². The van der Waals surface area contributed by atoms with Crippen molar-refractivity contribution in [1.29, 1.82) is 0 Å². The fourth-order valence-corrected chi connectivity index (χ4v) is 1.15. The molecule has 0 saturated heterocycles. The zero-order chi connectivity index (χ0) is 12.3. The molecule has 1 amide bonds. The van der Waals surface area contributed by atoms with E-state index in [4.69, 9.17) is 10.8 Å². The molecule has 16 heavy (non-hydrogen) atoms. The van der Waals surface area contributed by atoms with Crippen LogP contribution in [0.25, 0.3) is 0 Å². The third-order valence-electron chi connectivity index (χ3n) is 1.77. The maximum Gasteiger partial charge on any atom is 0.336 e. The second-order valence-electron chi connectivity index (χ2n) is 3.01. The molecule has 0 atom stereocenters. The highest BCUT2D eigenvalue weighted by atomic mass is 19.1. The van der Waals surface area contributed by atoms with Crippen molar-refractivity contribution < 1.29 is 19.1 Å². The first kappa shape index (κ1) is 11.8. The van der Waals surface area contributed by atoms with Gasteiger partial charge in [0, 0.05) is 12.5 Å². The maximum absolute atomic E-state index is 12.8. The number of hydrogen-bond donors (Lipinski definition) is 2. The molecule has 1 rings (SSSR count). The Bertz CT molecular complexity index is 483. The zero-order valence-electron chi connectivity index (χ0n) is 8.40. The number of halogens is 1. The van der Waals surface area contributed by atoms with Crippen molar-refractivity contribution in [2.24, 2.45) is 10.7 Å². The summed E-state index contributed by atoms with van der Waals surface area (Å²) in [4.78, 5) is 24.9. The third kappa shape index (κ3) is 2.63. The topological polar surface area (TPSA) is 92.8 Å². The average Bonchev–Trinajstić information content (AvgIpc) is 2.16. The standard InChI is InChI=1S/C10H9FN2O3/c1-5(14)13-9(12)7-3-2-6(11)4-8(7)10(15)16/h2-4H,1H3,(H,15,16)(H2,12,13,14). The van der Waals surface area contributed by atoms with Gasteiger partial charge in [0.1, 0.15) is 11.7 Å². The number of nitrogens with two attached hydrogens (primary N) is 1. The van der Waals surface area contributed by atoms with Gasteiger partial charge in [-0.2, -0.15) is 4.99 Å². The number of carbonyl (C=O) groups is 2. The molecule has 0 radical (unpaired) electrons. The molecule has 0 aliphatic carbocycles. The molecule has 0 bridgehead atoms. The van der Waals surface area contributed by atoms with Crippen LogP contribution in [0.15, 0.2) is 23.2 Å². The lowest BCUT2D eigenvalue weighted by Crippen LogP contribution is -2.19. The van der Waals surface area contributed by atoms with Crippen molar-refractivity contribution in [2.45, 2.75) is 6.92 Å². The van der Waals surface area contributed by atoms with Crippen molar-refractivity contribution >= 4 is 17.7 Å². The lowest BCUT2D eigenvalue weighted by molar-refractivity contribution is -0.115. The second kappa shape index (κ2) is 4.52. The van der Waals surface area contributed by atoms with Crippen LogP contribution >= 0.6 is 0 Å². The predicted octanol–water partition coefficient (Wildman–Crippen LogP) is 0.776. The van der Waals surface area contributed by atoms with Crippen LogP contribution in [-0.4, -0.2) is 22.8 Å². The van der Waals surface area contributed by atoms with E-state index in [1.807, 2.05) is 0 Å². The van der Waals surface area contributed by atoms with E-state index in [9.17, 15) is 14.0 Å². The number of aromatic carboxylic acids is 1. The number of amides is 1. The molecule has 0 aliphatic heterocycles. The molecule has 5 nitrogen and oxygen atoms in total. The van der Waals surface area contributed by atoms with Crippen LogP contribution in [0.4, 0.5) is 4.39 Å². The Morgan fingerprint density at radius 1 is 1.38 bits per heavy atom. The Kier molecular flexibility index (Phi) is 3.34. The molecule has 3 N–H and O–H groups in total. The van der Waals surface area contributed by atoms with E-state index in [0.717, 1.165) is 12.1 Å². The molecule has 84 valence electrons. The summed E-state index contributed by atoms with van der Waals surface area (Å²) in [5, 5.41) is 8.81. The highest BCUT2D eigenvalue weighted by molar-refractivity contribution is 6.09. The summed E-state index contributed by atoms with van der Waals surface area (Å²) < 4.78 is 12.8. The number of hydrogen-bond acceptors (Lipinski definition) is 2. The minimum atomic E-state index is -1.34. The quantitative estimate of drug-likeness (QED) is 0.573. The normalized spacial score (nSPS) is 11.2. The van der Waals surface area contributed by atoms with Gasteiger partial charge in [0.2, 0.25) is 5.91 Å². The van der Waals surface area contributed by atoms with Gasteiger partial charge >= 0.3 is 5.97 Å². The molecule has 0 spiro atoms. The summed E-state index contributed by atoms with van der Waals surface area (Å²) in [6, 6.07) is 3.03. The largest absolute Gasteiger partial charge is 0.478 e. The van der Waals surface area contributed by atoms with Crippen LogP contribution in [0.2, 0.25) is 0 Å². The molecule has 0 fully saturated rings. The zero-order valence-corrected chi connectivity index (χ0v) is 8.40. The SMILES string of the molecule is CC(=O)N=C(N)c1ccc(F)cc1C(=O)O. The monoisotopic (exact) mass is 224 g/mol. The lowest BCUT2D eigenvalue weighted by atomic mass is 10.1. The summed E-state index contributed by atoms with van der Waals surface area (Å²) in [6.07, 6.45) is 0. The molecule has 1 aromatic carbocycles. The summed E-state index contributed by atoms with van der Waals surface area (Å²) in [7, 11) is 0. The summed E-state index contributed by atoms with van der Waals surface area (Å²) in [5.74, 6) is -2.84. The number of carbonyl (C=O) groups excluding carboxylic acids is 1. The number of amidine groups is 1. The van der Waals surface area contributed by atoms with Crippen LogP contribution in [0.1, 0.15) is 22.8 Å². The van der Waals surface area contributed by atoms with Gasteiger partial charge in [-0.3, -0.25) is 4.79 Å². The van der Waals surface area contributed by atoms with Gasteiger partial charge in [0.05, 0.1) is 5.56 Å². The molecule has 1 aromatic rings. The lowest BCUT2D eigenvalue weighted by Gasteiger charge is -2.04. The van der Waals surface area contributed by atoms with E-state index in [0.29, 0.717) is 0 Å². The van der Waals surface area contributed by atoms with E-state index in [1.165, 1.54) is 13.0 Å². The van der Waals surface area contributed by atoms with Crippen LogP contribution in [-0.2, 0) is 4.79 Å². The Labute approximate surface area is 90.4 Å². The second-order valence-corrected chi connectivity index (χ2v) is 3.01. The number of benzene rings is 1. The molecule has 0 unspecified atom stereocenters. The van der Waals surface area contributed by atoms with Crippen molar-refractivity contribution in [3.05, 3.63) is 35.1 Å². The number of carboxylic acid groups (broad SMARTS) is 1. The van der Waals surface area contributed by atoms with Gasteiger partial charge in [-0.1, -0.05) is 0 Å². The van der Waals surface area contributed by atoms with E-state index in [2.05, 4.69) is 4.99 Å². The minimum absolute atomic E-state index is 0.0177. The highest BCUT2D eigenvalue weighted by Gasteiger charge is 2.14. The van der Waals surface area contributed by atoms with Crippen molar-refractivity contribution in [3.63, 3.8) is 0 Å². The molecule has 0 aromatic heterocycles. The Hall–Kier alpha value is -2.24. The van der Waals surface area contributed by atoms with Gasteiger partial charge in [-0.05, 0) is 18.2 Å². The Morgan fingerprint density at radius 3 is 2.50 bits per heavy atom. The Morgan fingerprint density at radius 2 is 2.00 bits per heavy atom. The molecule has 0 aliphatic rings. The number of nitrogens with zero attached hydrogens (tertiary/aromatic N) is 1. The van der Waals surface area contributed by atoms with Crippen LogP contribution < -0.4 is 5.73 Å². The first-order chi connectivity index (χ1) is 7.41. The Balaban J connectivity index is 3.33. The summed E-state index contributed by atoms with van der Waals surface area (Å²) in [5.41, 5.74) is 5.11. The molecule has 0 heterocycles. The van der Waals surface area contributed by atoms with Gasteiger partial charge in [0.25, 0.3) is 0 Å². The van der Waals surface area contributed by atoms with E-state index >= 15 is 0 Å². The van der Waals surface area contributed by atoms with E-state index < -0.39 is 17.7 Å². The average molecular weight is 224 g/mol. The number of aliphatic imine (C=N–C) groups is 1. The fourth-order valence-electron chi connectivity index (χ4n) is 1.15. The first-order valence-corrected chi connectivity index (χ1v) is 4.29. The van der Waals surface area contributed by atoms with Crippen LogP contribution in [0, 0.1) is 5.82 Å². The van der Waals surface area contributed by atoms with Crippen LogP contribution in [0.5, 0.6) is 0 Å². The summed E-state index contributed by atoms with van der Waals surface area (Å²) in [6.45, 7) is 1.18. The van der Waals surface area contributed by atoms with Crippen molar-refractivity contribution in [1.82, 2.24) is 0 Å². The minimum Gasteiger partial charge on any atom is -0.478 e. The fraction of sp³-hybridized carbons (Fsp3) is 0.100. The maximum atomic E-state index is 12.8. The molecule has 6 heteroatoms. The number of rotatable bonds is 2. The smallest absolute Gasteiger partial charge is 0.336 e. The van der Waals surface area contributed by atoms with Crippen molar-refractivity contribution in [3.8, 4) is 0 Å². The predicted molar refractivity (Wildman–Crippen MR) is 54.8 cm³/mol. The highest BCUT2D eigenvalue weighted by Crippen LogP contribution is 2.11. The third-order valence-corrected chi connectivity index (χ3v) is 1.77. The van der Waals surface area contributed by atoms with Crippen molar-refractivity contribution in [2.75, 3.05) is 0 Å².